The Morgan fingerprint density at radius 1 is 1.12 bits per heavy atom. The molecule has 17 nitrogen and oxygen atoms in total. The van der Waals surface area contributed by atoms with E-state index in [4.69, 9.17) is 15.2 Å². The first kappa shape index (κ1) is 39.9. The molecule has 0 aliphatic carbocycles. The van der Waals surface area contributed by atoms with E-state index in [1.54, 1.807) is 0 Å². The van der Waals surface area contributed by atoms with Crippen molar-refractivity contribution in [2.24, 2.45) is 0 Å². The smallest absolute Gasteiger partial charge is 0.790 e. The number of hydrogen-bond donors (Lipinski definition) is 2. The fraction of sp³-hybridized carbons (Fsp3) is 0.600. The summed E-state index contributed by atoms with van der Waals surface area (Å²) in [7, 11) is -16.9. The maximum absolute atomic E-state index is 11.9. The van der Waals surface area contributed by atoms with Crippen molar-refractivity contribution in [2.45, 2.75) is 24.5 Å². The molecule has 0 saturated carbocycles. The largest absolute Gasteiger partial charge is 1.00 e. The average molecular weight is 521 g/mol. The van der Waals surface area contributed by atoms with Crippen molar-refractivity contribution in [3.63, 3.8) is 0 Å². The van der Waals surface area contributed by atoms with Gasteiger partial charge < -0.3 is 49.0 Å². The zero-order valence-electron chi connectivity index (χ0n) is 18.7. The maximum atomic E-state index is 11.9. The third-order valence-corrected chi connectivity index (χ3v) is 7.17. The molecule has 1 fully saturated rings. The number of ether oxygens (including phenoxy) is 2. The van der Waals surface area contributed by atoms with Gasteiger partial charge in [0.2, 0.25) is 0 Å². The van der Waals surface area contributed by atoms with Crippen LogP contribution in [0.5, 0.6) is 0 Å². The Labute approximate surface area is 240 Å². The van der Waals surface area contributed by atoms with Crippen LogP contribution in [0, 0.1) is 0 Å². The van der Waals surface area contributed by atoms with E-state index in [0.717, 1.165) is 17.9 Å². The van der Waals surface area contributed by atoms with Crippen LogP contribution < -0.4 is 106 Å². The van der Waals surface area contributed by atoms with E-state index in [1.165, 1.54) is 6.07 Å². The second kappa shape index (κ2) is 15.7. The summed E-state index contributed by atoms with van der Waals surface area (Å²) >= 11 is 0. The van der Waals surface area contributed by atoms with Crippen molar-refractivity contribution in [3.8, 4) is 0 Å². The monoisotopic (exact) mass is 521 g/mol. The second-order valence-corrected chi connectivity index (χ2v) is 9.85. The number of phosphoric ester groups is 1. The Bertz CT molecular complexity index is 981. The standard InChI is InChI=1S/C10H18N3O14P3.4Li/c1-23-8-5(4-24-29(19,20)27-30(21,22)26-28(16,17)18)25-9(7(8)14)13-3-2-6(11)12-10(13)15;;;;/h2-3,5,7-9,14H,4H2,1H3,(H,19,20)(H,21,22)(H2,11,12,15)(H2,16,17,18);;;;/q;4*+1/p-4/t5-,7+,8?,9-;;;;/m1..../s1. The molecule has 34 heavy (non-hydrogen) atoms. The Hall–Kier alpha value is 1.36. The fourth-order valence-electron chi connectivity index (χ4n) is 2.44. The number of phosphoric acid groups is 3. The number of rotatable bonds is 9. The number of hydrogen-bond acceptors (Lipinski definition) is 16. The van der Waals surface area contributed by atoms with E-state index in [9.17, 15) is 43.2 Å². The van der Waals surface area contributed by atoms with Crippen molar-refractivity contribution in [1.29, 1.82) is 0 Å². The average Bonchev–Trinajstić information content (AvgIpc) is 2.85. The van der Waals surface area contributed by atoms with Crippen LogP contribution in [-0.4, -0.2) is 46.7 Å². The molecule has 2 rings (SSSR count). The van der Waals surface area contributed by atoms with E-state index < -0.39 is 60.3 Å². The van der Waals surface area contributed by atoms with E-state index in [2.05, 4.69) is 18.1 Å². The van der Waals surface area contributed by atoms with Crippen LogP contribution in [0.4, 0.5) is 5.82 Å². The van der Waals surface area contributed by atoms with Crippen LogP contribution in [0.15, 0.2) is 17.1 Å². The van der Waals surface area contributed by atoms with Crippen molar-refractivity contribution in [3.05, 3.63) is 22.7 Å². The van der Waals surface area contributed by atoms with Gasteiger partial charge >= 0.3 is 81.1 Å². The SMILES string of the molecule is COC1[C@@H](COP(=O)([O-])OP(=O)([O-])OP(=O)([O-])[O-])O[C@@H](n2ccc(N)nc2=O)[C@H]1O.[Li+].[Li+].[Li+].[Li+]. The number of nitrogen functional groups attached to an aromatic ring is 1. The second-order valence-electron chi connectivity index (χ2n) is 5.60. The van der Waals surface area contributed by atoms with Gasteiger partial charge in [-0.2, -0.15) is 4.98 Å². The molecule has 0 aromatic carbocycles. The van der Waals surface area contributed by atoms with Gasteiger partial charge in [0.05, 0.1) is 14.4 Å². The maximum Gasteiger partial charge on any atom is 1.00 e. The summed E-state index contributed by atoms with van der Waals surface area (Å²) in [5, 5.41) is 10.3. The van der Waals surface area contributed by atoms with Crippen LogP contribution in [0.3, 0.4) is 0 Å². The summed E-state index contributed by atoms with van der Waals surface area (Å²) in [4.78, 5) is 58.7. The van der Waals surface area contributed by atoms with Crippen LogP contribution in [0.1, 0.15) is 6.23 Å². The van der Waals surface area contributed by atoms with Crippen LogP contribution >= 0.6 is 23.5 Å². The summed E-state index contributed by atoms with van der Waals surface area (Å²) in [5.74, 6) is -0.110. The fourth-order valence-corrected chi connectivity index (χ4v) is 5.31. The van der Waals surface area contributed by atoms with Gasteiger partial charge in [0.25, 0.3) is 15.6 Å². The van der Waals surface area contributed by atoms with Gasteiger partial charge in [-0.05, 0) is 6.07 Å². The van der Waals surface area contributed by atoms with E-state index in [0.29, 0.717) is 0 Å². The molecule has 1 aliphatic rings. The molecule has 2 heterocycles. The molecule has 0 spiro atoms. The minimum absolute atomic E-state index is 0. The Kier molecular flexibility index (Phi) is 18.4. The molecule has 6 atom stereocenters. The van der Waals surface area contributed by atoms with E-state index >= 15 is 0 Å². The summed E-state index contributed by atoms with van der Waals surface area (Å²) in [6.45, 7) is -1.00. The quantitative estimate of drug-likeness (QED) is 0.226. The summed E-state index contributed by atoms with van der Waals surface area (Å²) in [6.07, 6.45) is -4.44. The molecule has 1 aliphatic heterocycles. The minimum Gasteiger partial charge on any atom is -0.790 e. The third kappa shape index (κ3) is 11.8. The normalized spacial score (nSPS) is 25.4. The number of aliphatic hydroxyl groups is 1. The Balaban J connectivity index is -0.00000240. The van der Waals surface area contributed by atoms with Crippen LogP contribution in [0.2, 0.25) is 0 Å². The number of nitrogens with two attached hydrogens (primary N) is 1. The zero-order chi connectivity index (χ0) is 22.9. The predicted octanol–water partition coefficient (Wildman–Crippen LogP) is -16.1. The van der Waals surface area contributed by atoms with Crippen molar-refractivity contribution in [2.75, 3.05) is 19.5 Å². The molecule has 0 amide bonds. The molecule has 1 aromatic rings. The van der Waals surface area contributed by atoms with Gasteiger partial charge in [0.15, 0.2) is 6.23 Å². The van der Waals surface area contributed by atoms with Gasteiger partial charge in [-0.1, -0.05) is 0 Å². The molecule has 1 saturated heterocycles. The first-order valence-corrected chi connectivity index (χ1v) is 11.9. The molecule has 172 valence electrons. The van der Waals surface area contributed by atoms with Gasteiger partial charge in [-0.25, -0.2) is 9.11 Å². The molecular formula is C10H14Li4N3O14P3. The summed E-state index contributed by atoms with van der Waals surface area (Å²) in [5.41, 5.74) is 4.45. The number of methoxy groups -OCH3 is 1. The van der Waals surface area contributed by atoms with Crippen LogP contribution in [0.25, 0.3) is 0 Å². The zero-order valence-corrected chi connectivity index (χ0v) is 21.4. The number of aromatic nitrogens is 2. The van der Waals surface area contributed by atoms with Crippen molar-refractivity contribution in [1.82, 2.24) is 9.55 Å². The van der Waals surface area contributed by atoms with Crippen molar-refractivity contribution < 1.29 is 136 Å². The Morgan fingerprint density at radius 2 is 1.68 bits per heavy atom. The molecular weight excluding hydrogens is 507 g/mol. The third-order valence-electron chi connectivity index (χ3n) is 3.50. The number of nitrogens with zero attached hydrogens (tertiary/aromatic N) is 2. The van der Waals surface area contributed by atoms with E-state index in [1.807, 2.05) is 0 Å². The predicted molar refractivity (Wildman–Crippen MR) is 84.6 cm³/mol. The van der Waals surface area contributed by atoms with Gasteiger partial charge in [-0.15, -0.1) is 0 Å². The summed E-state index contributed by atoms with van der Waals surface area (Å²) < 4.78 is 54.9. The van der Waals surface area contributed by atoms with Gasteiger partial charge in [0.1, 0.15) is 24.1 Å². The first-order chi connectivity index (χ1) is 13.6. The number of anilines is 1. The van der Waals surface area contributed by atoms with Crippen molar-refractivity contribution >= 4 is 29.3 Å². The Morgan fingerprint density at radius 3 is 2.15 bits per heavy atom. The molecule has 3 unspecified atom stereocenters. The van der Waals surface area contributed by atoms with Gasteiger partial charge in [0, 0.05) is 13.3 Å². The molecule has 0 bridgehead atoms. The van der Waals surface area contributed by atoms with Crippen LogP contribution in [-0.2, 0) is 36.3 Å². The first-order valence-electron chi connectivity index (χ1n) is 7.56. The molecule has 0 radical (unpaired) electrons. The molecule has 24 heteroatoms. The molecule has 3 N–H and O–H groups in total. The summed E-state index contributed by atoms with van der Waals surface area (Å²) in [6, 6.07) is 1.22. The van der Waals surface area contributed by atoms with Gasteiger partial charge in [-0.3, -0.25) is 18.0 Å². The minimum atomic E-state index is -6.13. The molecule has 1 aromatic heterocycles. The number of aliphatic hydroxyl groups excluding tert-OH is 1. The van der Waals surface area contributed by atoms with E-state index in [-0.39, 0.29) is 81.3 Å². The topological polar surface area (TPSA) is 271 Å².